The number of hydrogen-bond acceptors (Lipinski definition) is 2. The molecule has 0 aromatic rings. The summed E-state index contributed by atoms with van der Waals surface area (Å²) in [5.74, 6) is 0.378. The molecule has 0 N–H and O–H groups in total. The van der Waals surface area contributed by atoms with Gasteiger partial charge >= 0.3 is 0 Å². The summed E-state index contributed by atoms with van der Waals surface area (Å²) in [6.07, 6.45) is 6.57. The standard InChI is InChI=1S/C13H25NO/c1-13(2,3)12(15)11-14-9-7-5-4-6-8-10-14/h4-11H2,1-3H3. The maximum atomic E-state index is 11.9. The lowest BCUT2D eigenvalue weighted by Crippen LogP contribution is -2.37. The molecular formula is C13H25NO. The molecule has 0 radical (unpaired) electrons. The highest BCUT2D eigenvalue weighted by Crippen LogP contribution is 2.17. The molecule has 0 spiro atoms. The smallest absolute Gasteiger partial charge is 0.152 e. The first-order valence-corrected chi connectivity index (χ1v) is 6.26. The summed E-state index contributed by atoms with van der Waals surface area (Å²) in [6, 6.07) is 0. The van der Waals surface area contributed by atoms with Crippen molar-refractivity contribution in [1.29, 1.82) is 0 Å². The van der Waals surface area contributed by atoms with Crippen molar-refractivity contribution in [1.82, 2.24) is 4.90 Å². The molecular weight excluding hydrogens is 186 g/mol. The molecule has 1 saturated heterocycles. The van der Waals surface area contributed by atoms with Crippen LogP contribution in [-0.4, -0.2) is 30.3 Å². The summed E-state index contributed by atoms with van der Waals surface area (Å²) in [4.78, 5) is 14.2. The molecule has 2 nitrogen and oxygen atoms in total. The fraction of sp³-hybridized carbons (Fsp3) is 0.923. The summed E-state index contributed by atoms with van der Waals surface area (Å²) >= 11 is 0. The van der Waals surface area contributed by atoms with Crippen LogP contribution in [0.1, 0.15) is 52.9 Å². The van der Waals surface area contributed by atoms with Crippen LogP contribution in [0.25, 0.3) is 0 Å². The summed E-state index contributed by atoms with van der Waals surface area (Å²) in [5.41, 5.74) is -0.178. The van der Waals surface area contributed by atoms with Gasteiger partial charge in [0.05, 0.1) is 6.54 Å². The van der Waals surface area contributed by atoms with E-state index in [4.69, 9.17) is 0 Å². The summed E-state index contributed by atoms with van der Waals surface area (Å²) in [6.45, 7) is 8.92. The Hall–Kier alpha value is -0.370. The number of nitrogens with zero attached hydrogens (tertiary/aromatic N) is 1. The van der Waals surface area contributed by atoms with Crippen LogP contribution in [0.2, 0.25) is 0 Å². The van der Waals surface area contributed by atoms with Gasteiger partial charge in [0.25, 0.3) is 0 Å². The van der Waals surface area contributed by atoms with Crippen LogP contribution in [-0.2, 0) is 4.79 Å². The van der Waals surface area contributed by atoms with Gasteiger partial charge in [0.2, 0.25) is 0 Å². The monoisotopic (exact) mass is 211 g/mol. The highest BCUT2D eigenvalue weighted by atomic mass is 16.1. The average molecular weight is 211 g/mol. The van der Waals surface area contributed by atoms with Gasteiger partial charge in [0.1, 0.15) is 0 Å². The van der Waals surface area contributed by atoms with Crippen molar-refractivity contribution >= 4 is 5.78 Å². The van der Waals surface area contributed by atoms with Gasteiger partial charge < -0.3 is 0 Å². The van der Waals surface area contributed by atoms with Gasteiger partial charge in [-0.25, -0.2) is 0 Å². The lowest BCUT2D eigenvalue weighted by molar-refractivity contribution is -0.127. The van der Waals surface area contributed by atoms with E-state index in [1.165, 1.54) is 32.1 Å². The molecule has 15 heavy (non-hydrogen) atoms. The van der Waals surface area contributed by atoms with Crippen LogP contribution in [0.15, 0.2) is 0 Å². The van der Waals surface area contributed by atoms with E-state index < -0.39 is 0 Å². The molecule has 0 aromatic heterocycles. The zero-order chi connectivity index (χ0) is 11.3. The molecule has 1 aliphatic rings. The number of carbonyl (C=O) groups is 1. The van der Waals surface area contributed by atoms with Gasteiger partial charge in [-0.05, 0) is 25.9 Å². The molecule has 0 unspecified atom stereocenters. The quantitative estimate of drug-likeness (QED) is 0.700. The number of ketones is 1. The largest absolute Gasteiger partial charge is 0.298 e. The third kappa shape index (κ3) is 4.78. The predicted molar refractivity (Wildman–Crippen MR) is 64.0 cm³/mol. The lowest BCUT2D eigenvalue weighted by atomic mass is 9.90. The Morgan fingerprint density at radius 1 is 1.00 bits per heavy atom. The van der Waals surface area contributed by atoms with E-state index in [2.05, 4.69) is 4.90 Å². The Kier molecular flexibility index (Phi) is 4.78. The van der Waals surface area contributed by atoms with E-state index in [0.29, 0.717) is 12.3 Å². The van der Waals surface area contributed by atoms with E-state index in [-0.39, 0.29) is 5.41 Å². The molecule has 0 atom stereocenters. The van der Waals surface area contributed by atoms with Gasteiger partial charge in [-0.2, -0.15) is 0 Å². The zero-order valence-corrected chi connectivity index (χ0v) is 10.5. The molecule has 0 bridgehead atoms. The van der Waals surface area contributed by atoms with Crippen LogP contribution in [0.5, 0.6) is 0 Å². The van der Waals surface area contributed by atoms with Crippen molar-refractivity contribution in [3.63, 3.8) is 0 Å². The van der Waals surface area contributed by atoms with E-state index in [9.17, 15) is 4.79 Å². The topological polar surface area (TPSA) is 20.3 Å². The lowest BCUT2D eigenvalue weighted by Gasteiger charge is -2.27. The molecule has 1 heterocycles. The molecule has 1 fully saturated rings. The molecule has 0 aromatic carbocycles. The summed E-state index contributed by atoms with van der Waals surface area (Å²) < 4.78 is 0. The van der Waals surface area contributed by atoms with E-state index in [1.54, 1.807) is 0 Å². The first-order valence-electron chi connectivity index (χ1n) is 6.26. The van der Waals surface area contributed by atoms with Crippen molar-refractivity contribution in [3.8, 4) is 0 Å². The van der Waals surface area contributed by atoms with Crippen molar-refractivity contribution < 1.29 is 4.79 Å². The highest BCUT2D eigenvalue weighted by molar-refractivity contribution is 5.85. The minimum Gasteiger partial charge on any atom is -0.298 e. The van der Waals surface area contributed by atoms with Crippen molar-refractivity contribution in [2.45, 2.75) is 52.9 Å². The number of Topliss-reactive ketones (excluding diaryl/α,β-unsaturated/α-hetero) is 1. The molecule has 88 valence electrons. The Morgan fingerprint density at radius 2 is 1.47 bits per heavy atom. The van der Waals surface area contributed by atoms with E-state index in [0.717, 1.165) is 13.1 Å². The number of likely N-dealkylation sites (tertiary alicyclic amines) is 1. The van der Waals surface area contributed by atoms with Gasteiger partial charge in [-0.1, -0.05) is 40.0 Å². The fourth-order valence-electron chi connectivity index (χ4n) is 1.91. The normalized spacial score (nSPS) is 20.7. The molecule has 1 aliphatic heterocycles. The zero-order valence-electron chi connectivity index (χ0n) is 10.5. The van der Waals surface area contributed by atoms with Gasteiger partial charge in [0.15, 0.2) is 5.78 Å². The van der Waals surface area contributed by atoms with Crippen LogP contribution in [0.3, 0.4) is 0 Å². The first kappa shape index (κ1) is 12.7. The minimum atomic E-state index is -0.178. The second-order valence-corrected chi connectivity index (χ2v) is 5.72. The van der Waals surface area contributed by atoms with Gasteiger partial charge in [-0.3, -0.25) is 9.69 Å². The maximum absolute atomic E-state index is 11.9. The van der Waals surface area contributed by atoms with E-state index in [1.807, 2.05) is 20.8 Å². The number of hydrogen-bond donors (Lipinski definition) is 0. The Bertz CT molecular complexity index is 197. The molecule has 0 amide bonds. The highest BCUT2D eigenvalue weighted by Gasteiger charge is 2.23. The van der Waals surface area contributed by atoms with Gasteiger partial charge in [-0.15, -0.1) is 0 Å². The Morgan fingerprint density at radius 3 is 1.93 bits per heavy atom. The van der Waals surface area contributed by atoms with Crippen LogP contribution >= 0.6 is 0 Å². The third-order valence-electron chi connectivity index (χ3n) is 3.15. The van der Waals surface area contributed by atoms with Gasteiger partial charge in [0, 0.05) is 5.41 Å². The predicted octanol–water partition coefficient (Wildman–Crippen LogP) is 2.87. The molecule has 1 rings (SSSR count). The van der Waals surface area contributed by atoms with Crippen molar-refractivity contribution in [2.75, 3.05) is 19.6 Å². The van der Waals surface area contributed by atoms with E-state index >= 15 is 0 Å². The van der Waals surface area contributed by atoms with Crippen LogP contribution in [0, 0.1) is 5.41 Å². The molecule has 2 heteroatoms. The van der Waals surface area contributed by atoms with Crippen LogP contribution in [0.4, 0.5) is 0 Å². The van der Waals surface area contributed by atoms with Crippen LogP contribution < -0.4 is 0 Å². The molecule has 0 aliphatic carbocycles. The summed E-state index contributed by atoms with van der Waals surface area (Å²) in [5, 5.41) is 0. The number of carbonyl (C=O) groups excluding carboxylic acids is 1. The number of rotatable bonds is 2. The maximum Gasteiger partial charge on any atom is 0.152 e. The SMILES string of the molecule is CC(C)(C)C(=O)CN1CCCCCCC1. The van der Waals surface area contributed by atoms with Crippen molar-refractivity contribution in [3.05, 3.63) is 0 Å². The second-order valence-electron chi connectivity index (χ2n) is 5.72. The minimum absolute atomic E-state index is 0.178. The fourth-order valence-corrected chi connectivity index (χ4v) is 1.91. The Balaban J connectivity index is 2.38. The average Bonchev–Trinajstić information content (AvgIpc) is 2.07. The molecule has 0 saturated carbocycles. The second kappa shape index (κ2) is 5.64. The summed E-state index contributed by atoms with van der Waals surface area (Å²) in [7, 11) is 0. The first-order chi connectivity index (χ1) is 7.00. The Labute approximate surface area is 94.0 Å². The third-order valence-corrected chi connectivity index (χ3v) is 3.15. The van der Waals surface area contributed by atoms with Crippen molar-refractivity contribution in [2.24, 2.45) is 5.41 Å².